The van der Waals surface area contributed by atoms with Gasteiger partial charge in [0.2, 0.25) is 0 Å². The first kappa shape index (κ1) is 13.4. The highest BCUT2D eigenvalue weighted by molar-refractivity contribution is 7.03. The molecule has 0 aliphatic heterocycles. The van der Waals surface area contributed by atoms with Crippen LogP contribution in [0.2, 0.25) is 5.02 Å². The van der Waals surface area contributed by atoms with Gasteiger partial charge in [-0.2, -0.15) is 5.10 Å². The van der Waals surface area contributed by atoms with Crippen molar-refractivity contribution in [1.29, 1.82) is 0 Å². The van der Waals surface area contributed by atoms with Crippen LogP contribution in [0.1, 0.15) is 17.4 Å². The van der Waals surface area contributed by atoms with Crippen LogP contribution in [0.4, 0.5) is 0 Å². The van der Waals surface area contributed by atoms with E-state index in [1.54, 1.807) is 18.0 Å². The lowest BCUT2D eigenvalue weighted by molar-refractivity contribution is 0.182. The number of nitrogens with two attached hydrogens (primary N) is 1. The maximum Gasteiger partial charge on any atom is 0.109 e. The number of halogens is 1. The average Bonchev–Trinajstić information content (AvgIpc) is 3.00. The van der Waals surface area contributed by atoms with Crippen LogP contribution in [0.15, 0.2) is 11.6 Å². The topological polar surface area (TPSA) is 90.9 Å². The van der Waals surface area contributed by atoms with Crippen LogP contribution in [0, 0.1) is 0 Å². The van der Waals surface area contributed by atoms with E-state index < -0.39 is 0 Å². The Morgan fingerprint density at radius 2 is 2.50 bits per heavy atom. The smallest absolute Gasteiger partial charge is 0.109 e. The van der Waals surface area contributed by atoms with E-state index in [1.807, 2.05) is 5.38 Å². The molecule has 1 atom stereocenters. The van der Waals surface area contributed by atoms with Gasteiger partial charge in [0.1, 0.15) is 6.04 Å². The molecule has 18 heavy (non-hydrogen) atoms. The van der Waals surface area contributed by atoms with Crippen LogP contribution >= 0.6 is 23.1 Å². The molecule has 0 radical (unpaired) electrons. The largest absolute Gasteiger partial charge is 0.383 e. The molecular weight excluding hydrogens is 276 g/mol. The minimum absolute atomic E-state index is 0.337. The van der Waals surface area contributed by atoms with Crippen LogP contribution in [-0.2, 0) is 11.3 Å². The predicted octanol–water partition coefficient (Wildman–Crippen LogP) is 0.587. The number of nitrogens with one attached hydrogen (secondary N) is 1. The molecular formula is C9H13ClN6OS. The molecule has 0 aliphatic carbocycles. The molecule has 2 rings (SSSR count). The zero-order chi connectivity index (χ0) is 13.0. The second-order valence-electron chi connectivity index (χ2n) is 3.52. The number of methoxy groups -OCH3 is 1. The fourth-order valence-electron chi connectivity index (χ4n) is 1.62. The van der Waals surface area contributed by atoms with Crippen molar-refractivity contribution in [1.82, 2.24) is 24.8 Å². The zero-order valence-corrected chi connectivity index (χ0v) is 11.3. The van der Waals surface area contributed by atoms with E-state index >= 15 is 0 Å². The summed E-state index contributed by atoms with van der Waals surface area (Å²) in [7, 11) is 1.63. The molecule has 0 aliphatic rings. The van der Waals surface area contributed by atoms with Crippen molar-refractivity contribution in [2.75, 3.05) is 13.7 Å². The van der Waals surface area contributed by atoms with Gasteiger partial charge in [-0.25, -0.2) is 5.43 Å². The van der Waals surface area contributed by atoms with E-state index in [0.29, 0.717) is 23.9 Å². The molecule has 0 saturated carbocycles. The molecule has 98 valence electrons. The number of hydrogen-bond donors (Lipinski definition) is 2. The number of hydrazine groups is 1. The molecule has 0 spiro atoms. The Balaban J connectivity index is 2.32. The van der Waals surface area contributed by atoms with Crippen LogP contribution < -0.4 is 11.3 Å². The third-order valence-corrected chi connectivity index (χ3v) is 3.27. The van der Waals surface area contributed by atoms with E-state index in [-0.39, 0.29) is 6.04 Å². The van der Waals surface area contributed by atoms with Gasteiger partial charge in [-0.3, -0.25) is 10.5 Å². The lowest BCUT2D eigenvalue weighted by atomic mass is 10.1. The predicted molar refractivity (Wildman–Crippen MR) is 68.2 cm³/mol. The third kappa shape index (κ3) is 2.68. The molecule has 0 bridgehead atoms. The lowest BCUT2D eigenvalue weighted by Gasteiger charge is -2.16. The molecule has 1 unspecified atom stereocenters. The van der Waals surface area contributed by atoms with Crippen molar-refractivity contribution in [2.45, 2.75) is 12.6 Å². The summed E-state index contributed by atoms with van der Waals surface area (Å²) < 4.78 is 10.6. The molecule has 2 heterocycles. The summed E-state index contributed by atoms with van der Waals surface area (Å²) in [6, 6.07) is -0.337. The van der Waals surface area contributed by atoms with E-state index in [0.717, 1.165) is 5.69 Å². The molecule has 0 aromatic carbocycles. The standard InChI is InChI=1S/C9H13ClN6OS/c1-17-3-2-16-9(6(10)4-12-16)8(13-11)7-5-18-15-14-7/h4-5,8,13H,2-3,11H2,1H3. The van der Waals surface area contributed by atoms with E-state index in [4.69, 9.17) is 22.2 Å². The maximum absolute atomic E-state index is 6.15. The molecule has 9 heteroatoms. The molecule has 2 aromatic heterocycles. The van der Waals surface area contributed by atoms with E-state index in [9.17, 15) is 0 Å². The van der Waals surface area contributed by atoms with Crippen molar-refractivity contribution in [3.63, 3.8) is 0 Å². The molecule has 2 aromatic rings. The minimum Gasteiger partial charge on any atom is -0.383 e. The normalized spacial score (nSPS) is 12.8. The first-order valence-electron chi connectivity index (χ1n) is 5.21. The summed E-state index contributed by atoms with van der Waals surface area (Å²) in [5.41, 5.74) is 4.15. The Kier molecular flexibility index (Phi) is 4.61. The first-order valence-corrected chi connectivity index (χ1v) is 6.42. The Hall–Kier alpha value is -1.06. The number of hydrogen-bond acceptors (Lipinski definition) is 7. The number of rotatable bonds is 6. The fraction of sp³-hybridized carbons (Fsp3) is 0.444. The number of nitrogens with zero attached hydrogens (tertiary/aromatic N) is 4. The summed E-state index contributed by atoms with van der Waals surface area (Å²) in [5, 5.41) is 10.5. The Morgan fingerprint density at radius 1 is 1.67 bits per heavy atom. The first-order chi connectivity index (χ1) is 8.77. The van der Waals surface area contributed by atoms with Crippen molar-refractivity contribution >= 4 is 23.1 Å². The Bertz CT molecular complexity index is 487. The second kappa shape index (κ2) is 6.21. The van der Waals surface area contributed by atoms with Crippen LogP contribution in [0.5, 0.6) is 0 Å². The second-order valence-corrected chi connectivity index (χ2v) is 4.54. The summed E-state index contributed by atoms with van der Waals surface area (Å²) in [6.07, 6.45) is 1.58. The molecule has 0 fully saturated rings. The SMILES string of the molecule is COCCn1ncc(Cl)c1C(NN)c1csnn1. The lowest BCUT2D eigenvalue weighted by Crippen LogP contribution is -2.31. The molecule has 0 amide bonds. The summed E-state index contributed by atoms with van der Waals surface area (Å²) in [5.74, 6) is 5.58. The van der Waals surface area contributed by atoms with E-state index in [1.165, 1.54) is 11.5 Å². The van der Waals surface area contributed by atoms with Crippen LogP contribution in [0.25, 0.3) is 0 Å². The van der Waals surface area contributed by atoms with Gasteiger partial charge in [0.05, 0.1) is 35.8 Å². The van der Waals surface area contributed by atoms with E-state index in [2.05, 4.69) is 20.1 Å². The van der Waals surface area contributed by atoms with Crippen molar-refractivity contribution in [2.24, 2.45) is 5.84 Å². The Morgan fingerprint density at radius 3 is 3.11 bits per heavy atom. The highest BCUT2D eigenvalue weighted by Gasteiger charge is 2.23. The maximum atomic E-state index is 6.15. The van der Waals surface area contributed by atoms with Gasteiger partial charge in [-0.15, -0.1) is 5.10 Å². The van der Waals surface area contributed by atoms with Gasteiger partial charge in [0, 0.05) is 12.5 Å². The van der Waals surface area contributed by atoms with Crippen LogP contribution in [0.3, 0.4) is 0 Å². The van der Waals surface area contributed by atoms with Gasteiger partial charge in [0.25, 0.3) is 0 Å². The zero-order valence-electron chi connectivity index (χ0n) is 9.71. The third-order valence-electron chi connectivity index (χ3n) is 2.45. The van der Waals surface area contributed by atoms with Crippen LogP contribution in [-0.4, -0.2) is 33.1 Å². The molecule has 7 nitrogen and oxygen atoms in total. The molecule has 3 N–H and O–H groups in total. The minimum atomic E-state index is -0.337. The van der Waals surface area contributed by atoms with Gasteiger partial charge in [0.15, 0.2) is 0 Å². The number of ether oxygens (including phenoxy) is 1. The van der Waals surface area contributed by atoms with Gasteiger partial charge < -0.3 is 4.74 Å². The highest BCUT2D eigenvalue weighted by atomic mass is 35.5. The van der Waals surface area contributed by atoms with Crippen molar-refractivity contribution < 1.29 is 4.74 Å². The van der Waals surface area contributed by atoms with Gasteiger partial charge >= 0.3 is 0 Å². The summed E-state index contributed by atoms with van der Waals surface area (Å²) >= 11 is 7.41. The highest BCUT2D eigenvalue weighted by Crippen LogP contribution is 2.27. The fourth-order valence-corrected chi connectivity index (χ4v) is 2.35. The van der Waals surface area contributed by atoms with Crippen molar-refractivity contribution in [3.8, 4) is 0 Å². The summed E-state index contributed by atoms with van der Waals surface area (Å²) in [4.78, 5) is 0. The average molecular weight is 289 g/mol. The quantitative estimate of drug-likeness (QED) is 0.597. The summed E-state index contributed by atoms with van der Waals surface area (Å²) in [6.45, 7) is 1.13. The van der Waals surface area contributed by atoms with Gasteiger partial charge in [-0.1, -0.05) is 16.1 Å². The molecule has 0 saturated heterocycles. The monoisotopic (exact) mass is 288 g/mol. The Labute approximate surface area is 113 Å². The number of aromatic nitrogens is 4. The van der Waals surface area contributed by atoms with Crippen molar-refractivity contribution in [3.05, 3.63) is 28.0 Å². The van der Waals surface area contributed by atoms with Gasteiger partial charge in [-0.05, 0) is 11.5 Å².